The zero-order valence-electron chi connectivity index (χ0n) is 7.63. The molecule has 82 valence electrons. The molecule has 0 spiro atoms. The fraction of sp³-hybridized carbons (Fsp3) is 0.222. The van der Waals surface area contributed by atoms with Crippen LogP contribution in [0.1, 0.15) is 6.92 Å². The Labute approximate surface area is 83.1 Å². The second-order valence-electron chi connectivity index (χ2n) is 2.77. The highest BCUT2D eigenvalue weighted by Crippen LogP contribution is 2.22. The van der Waals surface area contributed by atoms with Crippen LogP contribution in [0.4, 0.5) is 13.2 Å². The van der Waals surface area contributed by atoms with Gasteiger partial charge in [-0.2, -0.15) is 4.39 Å². The quantitative estimate of drug-likeness (QED) is 0.465. The van der Waals surface area contributed by atoms with Gasteiger partial charge in [0.25, 0.3) is 0 Å². The van der Waals surface area contributed by atoms with Gasteiger partial charge in [-0.15, -0.1) is 0 Å². The van der Waals surface area contributed by atoms with Gasteiger partial charge in [0.05, 0.1) is 0 Å². The van der Waals surface area contributed by atoms with E-state index in [1.165, 1.54) is 0 Å². The van der Waals surface area contributed by atoms with Gasteiger partial charge in [-0.3, -0.25) is 0 Å². The second-order valence-corrected chi connectivity index (χ2v) is 2.77. The first-order valence-corrected chi connectivity index (χ1v) is 3.96. The van der Waals surface area contributed by atoms with Gasteiger partial charge < -0.3 is 9.84 Å². The Bertz CT molecular complexity index is 390. The highest BCUT2D eigenvalue weighted by molar-refractivity contribution is 5.76. The van der Waals surface area contributed by atoms with E-state index in [0.29, 0.717) is 6.07 Å². The van der Waals surface area contributed by atoms with Crippen molar-refractivity contribution in [2.45, 2.75) is 13.0 Å². The minimum atomic E-state index is -1.73. The van der Waals surface area contributed by atoms with Crippen molar-refractivity contribution in [3.05, 3.63) is 29.6 Å². The SMILES string of the molecule is CC(O)C(=O)Oc1ccc(F)c(F)c1F. The third kappa shape index (κ3) is 2.47. The van der Waals surface area contributed by atoms with Crippen molar-refractivity contribution in [1.82, 2.24) is 0 Å². The van der Waals surface area contributed by atoms with Crippen LogP contribution >= 0.6 is 0 Å². The smallest absolute Gasteiger partial charge is 0.340 e. The van der Waals surface area contributed by atoms with Crippen molar-refractivity contribution in [3.8, 4) is 5.75 Å². The number of carbonyl (C=O) groups is 1. The molecule has 0 bridgehead atoms. The van der Waals surface area contributed by atoms with Crippen LogP contribution in [0.15, 0.2) is 12.1 Å². The largest absolute Gasteiger partial charge is 0.421 e. The molecule has 0 aliphatic heterocycles. The fourth-order valence-electron chi connectivity index (χ4n) is 0.781. The molecule has 6 heteroatoms. The average Bonchev–Trinajstić information content (AvgIpc) is 2.18. The van der Waals surface area contributed by atoms with Gasteiger partial charge in [0.1, 0.15) is 6.10 Å². The van der Waals surface area contributed by atoms with E-state index in [1.54, 1.807) is 0 Å². The zero-order chi connectivity index (χ0) is 11.6. The lowest BCUT2D eigenvalue weighted by molar-refractivity contribution is -0.142. The summed E-state index contributed by atoms with van der Waals surface area (Å²) in [4.78, 5) is 10.8. The molecule has 0 radical (unpaired) electrons. The van der Waals surface area contributed by atoms with Crippen LogP contribution in [-0.2, 0) is 4.79 Å². The lowest BCUT2D eigenvalue weighted by atomic mass is 10.3. The van der Waals surface area contributed by atoms with E-state index in [4.69, 9.17) is 5.11 Å². The highest BCUT2D eigenvalue weighted by atomic mass is 19.2. The molecule has 1 aromatic carbocycles. The monoisotopic (exact) mass is 220 g/mol. The van der Waals surface area contributed by atoms with Crippen molar-refractivity contribution in [2.24, 2.45) is 0 Å². The molecule has 1 unspecified atom stereocenters. The van der Waals surface area contributed by atoms with Gasteiger partial charge in [0.15, 0.2) is 17.4 Å². The minimum Gasteiger partial charge on any atom is -0.421 e. The molecule has 0 fully saturated rings. The molecule has 0 amide bonds. The summed E-state index contributed by atoms with van der Waals surface area (Å²) >= 11 is 0. The first-order chi connectivity index (χ1) is 6.93. The van der Waals surface area contributed by atoms with Crippen molar-refractivity contribution in [2.75, 3.05) is 0 Å². The number of carbonyl (C=O) groups excluding carboxylic acids is 1. The summed E-state index contributed by atoms with van der Waals surface area (Å²) in [5, 5.41) is 8.73. The Balaban J connectivity index is 2.97. The van der Waals surface area contributed by atoms with Crippen molar-refractivity contribution in [1.29, 1.82) is 0 Å². The Morgan fingerprint density at radius 1 is 1.33 bits per heavy atom. The maximum atomic E-state index is 12.9. The van der Waals surface area contributed by atoms with E-state index in [-0.39, 0.29) is 0 Å². The standard InChI is InChI=1S/C9H7F3O3/c1-4(13)9(14)15-6-3-2-5(10)7(11)8(6)12/h2-4,13H,1H3. The Morgan fingerprint density at radius 2 is 1.93 bits per heavy atom. The predicted molar refractivity (Wildman–Crippen MR) is 43.6 cm³/mol. The number of hydrogen-bond acceptors (Lipinski definition) is 3. The van der Waals surface area contributed by atoms with Crippen LogP contribution in [0.3, 0.4) is 0 Å². The fourth-order valence-corrected chi connectivity index (χ4v) is 0.781. The molecule has 0 saturated carbocycles. The summed E-state index contributed by atoms with van der Waals surface area (Å²) in [5.41, 5.74) is 0. The van der Waals surface area contributed by atoms with E-state index >= 15 is 0 Å². The normalized spacial score (nSPS) is 12.3. The molecule has 0 aliphatic rings. The van der Waals surface area contributed by atoms with E-state index in [1.807, 2.05) is 0 Å². The average molecular weight is 220 g/mol. The van der Waals surface area contributed by atoms with Crippen molar-refractivity contribution < 1.29 is 27.8 Å². The lowest BCUT2D eigenvalue weighted by Gasteiger charge is -2.07. The molecular weight excluding hydrogens is 213 g/mol. The molecule has 0 aromatic heterocycles. The van der Waals surface area contributed by atoms with Gasteiger partial charge in [0, 0.05) is 0 Å². The molecule has 15 heavy (non-hydrogen) atoms. The Kier molecular flexibility index (Phi) is 3.31. The van der Waals surface area contributed by atoms with Gasteiger partial charge in [-0.25, -0.2) is 13.6 Å². The number of rotatable bonds is 2. The topological polar surface area (TPSA) is 46.5 Å². The molecule has 1 atom stereocenters. The third-order valence-electron chi connectivity index (χ3n) is 1.55. The van der Waals surface area contributed by atoms with Gasteiger partial charge in [-0.1, -0.05) is 0 Å². The van der Waals surface area contributed by atoms with Crippen LogP contribution in [0.5, 0.6) is 5.75 Å². The van der Waals surface area contributed by atoms with Crippen molar-refractivity contribution >= 4 is 5.97 Å². The van der Waals surface area contributed by atoms with Gasteiger partial charge in [-0.05, 0) is 19.1 Å². The number of hydrogen-bond donors (Lipinski definition) is 1. The first-order valence-electron chi connectivity index (χ1n) is 3.96. The molecule has 0 saturated heterocycles. The molecule has 1 N–H and O–H groups in total. The van der Waals surface area contributed by atoms with Crippen LogP contribution in [0.2, 0.25) is 0 Å². The maximum Gasteiger partial charge on any atom is 0.340 e. The summed E-state index contributed by atoms with van der Waals surface area (Å²) in [6.45, 7) is 1.10. The maximum absolute atomic E-state index is 12.9. The van der Waals surface area contributed by atoms with Crippen LogP contribution < -0.4 is 4.74 Å². The molecule has 3 nitrogen and oxygen atoms in total. The number of aliphatic hydroxyl groups is 1. The summed E-state index contributed by atoms with van der Waals surface area (Å²) in [6, 6.07) is 1.37. The Hall–Kier alpha value is -1.56. The van der Waals surface area contributed by atoms with E-state index in [0.717, 1.165) is 13.0 Å². The van der Waals surface area contributed by atoms with Crippen LogP contribution in [0, 0.1) is 17.5 Å². The molecular formula is C9H7F3O3. The number of esters is 1. The second kappa shape index (κ2) is 4.31. The van der Waals surface area contributed by atoms with Gasteiger partial charge in [0.2, 0.25) is 5.82 Å². The number of benzene rings is 1. The van der Waals surface area contributed by atoms with E-state index in [9.17, 15) is 18.0 Å². The predicted octanol–water partition coefficient (Wildman–Crippen LogP) is 1.39. The van der Waals surface area contributed by atoms with Gasteiger partial charge >= 0.3 is 5.97 Å². The summed E-state index contributed by atoms with van der Waals surface area (Å²) in [6.07, 6.45) is -1.47. The molecule has 0 aliphatic carbocycles. The summed E-state index contributed by atoms with van der Waals surface area (Å²) in [5.74, 6) is -6.64. The molecule has 1 rings (SSSR count). The molecule has 0 heterocycles. The summed E-state index contributed by atoms with van der Waals surface area (Å²) in [7, 11) is 0. The van der Waals surface area contributed by atoms with Crippen LogP contribution in [-0.4, -0.2) is 17.2 Å². The summed E-state index contributed by atoms with van der Waals surface area (Å²) < 4.78 is 42.3. The number of halogens is 3. The van der Waals surface area contributed by atoms with E-state index < -0.39 is 35.3 Å². The lowest BCUT2D eigenvalue weighted by Crippen LogP contribution is -2.22. The number of aliphatic hydroxyl groups excluding tert-OH is 1. The van der Waals surface area contributed by atoms with Crippen molar-refractivity contribution in [3.63, 3.8) is 0 Å². The van der Waals surface area contributed by atoms with Crippen LogP contribution in [0.25, 0.3) is 0 Å². The third-order valence-corrected chi connectivity index (χ3v) is 1.55. The van der Waals surface area contributed by atoms with E-state index in [2.05, 4.69) is 4.74 Å². The Morgan fingerprint density at radius 3 is 2.47 bits per heavy atom. The minimum absolute atomic E-state index is 0.614. The highest BCUT2D eigenvalue weighted by Gasteiger charge is 2.19. The number of ether oxygens (including phenoxy) is 1. The molecule has 1 aromatic rings. The first kappa shape index (κ1) is 11.5. The zero-order valence-corrected chi connectivity index (χ0v) is 7.63.